The Hall–Kier alpha value is -3.53. The number of thiol groups is 1. The van der Waals surface area contributed by atoms with Crippen LogP contribution in [0, 0.1) is 0 Å². The van der Waals surface area contributed by atoms with Gasteiger partial charge in [-0.15, -0.1) is 0 Å². The van der Waals surface area contributed by atoms with E-state index in [0.29, 0.717) is 17.0 Å². The summed E-state index contributed by atoms with van der Waals surface area (Å²) in [4.78, 5) is 47.3. The molecule has 0 fully saturated rings. The average molecular weight is 445 g/mol. The highest BCUT2D eigenvalue weighted by molar-refractivity contribution is 7.78. The third-order valence-electron chi connectivity index (χ3n) is 3.63. The summed E-state index contributed by atoms with van der Waals surface area (Å²) in [7, 11) is 0. The van der Waals surface area contributed by atoms with Gasteiger partial charge in [-0.25, -0.2) is 9.59 Å². The second kappa shape index (κ2) is 10.5. The number of anilines is 1. The molecule has 0 aromatic heterocycles. The summed E-state index contributed by atoms with van der Waals surface area (Å²) in [6, 6.07) is 11.2. The zero-order valence-electron chi connectivity index (χ0n) is 17.2. The molecule has 0 aliphatic carbocycles. The van der Waals surface area contributed by atoms with E-state index in [2.05, 4.69) is 28.2 Å². The van der Waals surface area contributed by atoms with Gasteiger partial charge in [0.25, 0.3) is 11.8 Å². The van der Waals surface area contributed by atoms with Crippen LogP contribution >= 0.6 is 12.8 Å². The van der Waals surface area contributed by atoms with Gasteiger partial charge in [-0.1, -0.05) is 12.8 Å². The fraction of sp³-hybridized carbons (Fsp3) is 0.238. The first-order valence-corrected chi connectivity index (χ1v) is 9.63. The van der Waals surface area contributed by atoms with E-state index in [9.17, 15) is 19.2 Å². The number of carbonyl (C=O) groups is 4. The normalized spacial score (nSPS) is 10.6. The molecule has 0 aliphatic rings. The van der Waals surface area contributed by atoms with Gasteiger partial charge in [0, 0.05) is 16.8 Å². The van der Waals surface area contributed by atoms with Crippen LogP contribution < -0.4 is 20.1 Å². The lowest BCUT2D eigenvalue weighted by molar-refractivity contribution is -0.157. The molecule has 3 N–H and O–H groups in total. The smallest absolute Gasteiger partial charge is 0.344 e. The van der Waals surface area contributed by atoms with Crippen molar-refractivity contribution in [1.29, 1.82) is 0 Å². The molecule has 0 spiro atoms. The fourth-order valence-electron chi connectivity index (χ4n) is 2.32. The van der Waals surface area contributed by atoms with Crippen molar-refractivity contribution >= 4 is 42.3 Å². The topological polar surface area (TPSA) is 123 Å². The maximum absolute atomic E-state index is 12.1. The number of hydrogen-bond acceptors (Lipinski definition) is 7. The largest absolute Gasteiger partial charge is 0.482 e. The van der Waals surface area contributed by atoms with Crippen molar-refractivity contribution in [2.45, 2.75) is 26.4 Å². The van der Waals surface area contributed by atoms with Gasteiger partial charge in [0.1, 0.15) is 11.4 Å². The number of esters is 1. The van der Waals surface area contributed by atoms with Gasteiger partial charge in [0.05, 0.1) is 0 Å². The van der Waals surface area contributed by atoms with Crippen molar-refractivity contribution in [2.75, 3.05) is 11.9 Å². The molecule has 4 amide bonds. The number of imide groups is 1. The van der Waals surface area contributed by atoms with E-state index < -0.39 is 29.4 Å². The van der Waals surface area contributed by atoms with Crippen molar-refractivity contribution in [2.24, 2.45) is 0 Å². The van der Waals surface area contributed by atoms with Crippen LogP contribution in [-0.4, -0.2) is 36.0 Å². The van der Waals surface area contributed by atoms with Crippen molar-refractivity contribution in [1.82, 2.24) is 10.0 Å². The molecule has 0 bridgehead atoms. The second-order valence-corrected chi connectivity index (χ2v) is 7.55. The van der Waals surface area contributed by atoms with Gasteiger partial charge in [0.2, 0.25) is 0 Å². The van der Waals surface area contributed by atoms with Gasteiger partial charge in [-0.2, -0.15) is 0 Å². The summed E-state index contributed by atoms with van der Waals surface area (Å²) in [6.45, 7) is 5.04. The van der Waals surface area contributed by atoms with Crippen LogP contribution in [0.2, 0.25) is 0 Å². The van der Waals surface area contributed by atoms with E-state index in [1.807, 2.05) is 0 Å². The van der Waals surface area contributed by atoms with Gasteiger partial charge < -0.3 is 14.8 Å². The van der Waals surface area contributed by atoms with Crippen molar-refractivity contribution < 1.29 is 28.7 Å². The molecule has 0 saturated carbocycles. The zero-order valence-corrected chi connectivity index (χ0v) is 18.1. The number of urea groups is 1. The molecule has 2 rings (SSSR count). The Labute approximate surface area is 185 Å². The molecular weight excluding hydrogens is 422 g/mol. The monoisotopic (exact) mass is 445 g/mol. The maximum atomic E-state index is 12.1. The predicted molar refractivity (Wildman–Crippen MR) is 117 cm³/mol. The molecule has 0 atom stereocenters. The minimum atomic E-state index is -0.732. The highest BCUT2D eigenvalue weighted by Gasteiger charge is 2.16. The Kier molecular flexibility index (Phi) is 8.03. The summed E-state index contributed by atoms with van der Waals surface area (Å²) in [6.07, 6.45) is 0. The standard InChI is InChI=1S/C21H23N3O6S/c1-21(2,3)30-17(25)12-29-16-10-8-15(9-11-16)22-20(28)23-18(26)13-4-6-14(7-5-13)19(27)24-31/h4-11,31H,12H2,1-3H3,(H,24,27)(H2,22,23,26,28). The van der Waals surface area contributed by atoms with Crippen LogP contribution in [-0.2, 0) is 9.53 Å². The molecule has 31 heavy (non-hydrogen) atoms. The molecule has 0 unspecified atom stereocenters. The summed E-state index contributed by atoms with van der Waals surface area (Å²) in [5.41, 5.74) is 0.347. The quantitative estimate of drug-likeness (QED) is 0.401. The average Bonchev–Trinajstić information content (AvgIpc) is 2.71. The molecule has 0 aliphatic heterocycles. The Morgan fingerprint density at radius 2 is 1.42 bits per heavy atom. The number of rotatable bonds is 6. The fourth-order valence-corrected chi connectivity index (χ4v) is 2.45. The van der Waals surface area contributed by atoms with Crippen molar-refractivity contribution in [3.63, 3.8) is 0 Å². The van der Waals surface area contributed by atoms with E-state index >= 15 is 0 Å². The van der Waals surface area contributed by atoms with Crippen LogP contribution in [0.4, 0.5) is 10.5 Å². The number of amides is 4. The molecule has 0 saturated heterocycles. The van der Waals surface area contributed by atoms with E-state index in [1.54, 1.807) is 45.0 Å². The first-order chi connectivity index (χ1) is 14.6. The molecule has 0 radical (unpaired) electrons. The lowest BCUT2D eigenvalue weighted by Gasteiger charge is -2.19. The first kappa shape index (κ1) is 23.7. The van der Waals surface area contributed by atoms with Gasteiger partial charge >= 0.3 is 12.0 Å². The molecule has 164 valence electrons. The van der Waals surface area contributed by atoms with Crippen LogP contribution in [0.25, 0.3) is 0 Å². The van der Waals surface area contributed by atoms with Crippen molar-refractivity contribution in [3.05, 3.63) is 59.7 Å². The Balaban J connectivity index is 1.84. The number of ether oxygens (including phenoxy) is 2. The number of benzene rings is 2. The molecule has 0 heterocycles. The Morgan fingerprint density at radius 1 is 0.871 bits per heavy atom. The first-order valence-electron chi connectivity index (χ1n) is 9.19. The highest BCUT2D eigenvalue weighted by atomic mass is 32.1. The summed E-state index contributed by atoms with van der Waals surface area (Å²) >= 11 is 3.67. The lowest BCUT2D eigenvalue weighted by Crippen LogP contribution is -2.34. The Bertz CT molecular complexity index is 953. The Morgan fingerprint density at radius 3 is 1.94 bits per heavy atom. The highest BCUT2D eigenvalue weighted by Crippen LogP contribution is 2.16. The van der Waals surface area contributed by atoms with Gasteiger partial charge in [0.15, 0.2) is 6.61 Å². The van der Waals surface area contributed by atoms with E-state index in [-0.39, 0.29) is 12.2 Å². The predicted octanol–water partition coefficient (Wildman–Crippen LogP) is 2.94. The van der Waals surface area contributed by atoms with E-state index in [0.717, 1.165) is 0 Å². The molecule has 2 aromatic carbocycles. The van der Waals surface area contributed by atoms with E-state index in [4.69, 9.17) is 9.47 Å². The summed E-state index contributed by atoms with van der Waals surface area (Å²) < 4.78 is 12.7. The van der Waals surface area contributed by atoms with E-state index in [1.165, 1.54) is 24.3 Å². The molecule has 2 aromatic rings. The third kappa shape index (κ3) is 8.01. The van der Waals surface area contributed by atoms with Crippen LogP contribution in [0.15, 0.2) is 48.5 Å². The molecular formula is C21H23N3O6S. The summed E-state index contributed by atoms with van der Waals surface area (Å²) in [5.74, 6) is -1.12. The third-order valence-corrected chi connectivity index (χ3v) is 3.83. The molecule has 9 nitrogen and oxygen atoms in total. The maximum Gasteiger partial charge on any atom is 0.344 e. The van der Waals surface area contributed by atoms with Crippen LogP contribution in [0.3, 0.4) is 0 Å². The zero-order chi connectivity index (χ0) is 23.0. The second-order valence-electron chi connectivity index (χ2n) is 7.33. The SMILES string of the molecule is CC(C)(C)OC(=O)COc1ccc(NC(=O)NC(=O)c2ccc(C(=O)NS)cc2)cc1. The number of nitrogens with one attached hydrogen (secondary N) is 3. The minimum Gasteiger partial charge on any atom is -0.482 e. The number of carbonyl (C=O) groups excluding carboxylic acids is 4. The summed E-state index contributed by atoms with van der Waals surface area (Å²) in [5, 5.41) is 4.70. The van der Waals surface area contributed by atoms with Crippen LogP contribution in [0.1, 0.15) is 41.5 Å². The van der Waals surface area contributed by atoms with Crippen LogP contribution in [0.5, 0.6) is 5.75 Å². The van der Waals surface area contributed by atoms with Gasteiger partial charge in [-0.05, 0) is 69.3 Å². The van der Waals surface area contributed by atoms with Crippen molar-refractivity contribution in [3.8, 4) is 5.75 Å². The number of hydrogen-bond donors (Lipinski definition) is 4. The minimum absolute atomic E-state index is 0.205. The lowest BCUT2D eigenvalue weighted by atomic mass is 10.1. The van der Waals surface area contributed by atoms with Gasteiger partial charge in [-0.3, -0.25) is 19.6 Å². The molecule has 10 heteroatoms.